The first-order valence-corrected chi connectivity index (χ1v) is 12.2. The van der Waals surface area contributed by atoms with Gasteiger partial charge in [-0.15, -0.1) is 0 Å². The molecule has 0 saturated carbocycles. The SMILES string of the molecule is COc1ccc(NCCCOc2c(OC)ccc3cc4[n+](cc23)CCc2cc3c(cc2-4)OCO3)cc1. The number of pyridine rings is 1. The number of hydrogen-bond donors (Lipinski definition) is 1. The third-order valence-corrected chi connectivity index (χ3v) is 6.78. The molecule has 7 nitrogen and oxygen atoms in total. The van der Waals surface area contributed by atoms with Gasteiger partial charge in [-0.2, -0.15) is 4.57 Å². The molecule has 184 valence electrons. The van der Waals surface area contributed by atoms with E-state index in [1.165, 1.54) is 16.8 Å². The number of anilines is 1. The van der Waals surface area contributed by atoms with Crippen LogP contribution in [0.1, 0.15) is 12.0 Å². The van der Waals surface area contributed by atoms with Gasteiger partial charge < -0.3 is 29.0 Å². The van der Waals surface area contributed by atoms with Gasteiger partial charge in [0.1, 0.15) is 5.75 Å². The molecule has 1 N–H and O–H groups in total. The fraction of sp³-hybridized carbons (Fsp3) is 0.276. The smallest absolute Gasteiger partial charge is 0.231 e. The van der Waals surface area contributed by atoms with Crippen molar-refractivity contribution in [2.75, 3.05) is 39.5 Å². The van der Waals surface area contributed by atoms with E-state index in [9.17, 15) is 0 Å². The molecular weight excluding hydrogens is 456 g/mol. The number of benzene rings is 3. The molecule has 1 aromatic heterocycles. The number of fused-ring (bicyclic) bond motifs is 5. The highest BCUT2D eigenvalue weighted by atomic mass is 16.7. The fourth-order valence-electron chi connectivity index (χ4n) is 4.89. The number of aromatic nitrogens is 1. The van der Waals surface area contributed by atoms with E-state index >= 15 is 0 Å². The van der Waals surface area contributed by atoms with Crippen LogP contribution >= 0.6 is 0 Å². The van der Waals surface area contributed by atoms with Gasteiger partial charge in [-0.05, 0) is 65.9 Å². The number of nitrogens with one attached hydrogen (secondary N) is 1. The van der Waals surface area contributed by atoms with Gasteiger partial charge in [-0.1, -0.05) is 0 Å². The maximum atomic E-state index is 6.30. The summed E-state index contributed by atoms with van der Waals surface area (Å²) < 4.78 is 30.7. The Bertz CT molecular complexity index is 1420. The number of methoxy groups -OCH3 is 2. The number of ether oxygens (including phenoxy) is 5. The zero-order valence-electron chi connectivity index (χ0n) is 20.5. The monoisotopic (exact) mass is 485 g/mol. The van der Waals surface area contributed by atoms with Crippen LogP contribution in [0.3, 0.4) is 0 Å². The number of nitrogens with zero attached hydrogens (tertiary/aromatic N) is 1. The second kappa shape index (κ2) is 9.49. The lowest BCUT2D eigenvalue weighted by molar-refractivity contribution is -0.686. The second-order valence-corrected chi connectivity index (χ2v) is 8.92. The minimum Gasteiger partial charge on any atom is -0.497 e. The van der Waals surface area contributed by atoms with Crippen molar-refractivity contribution in [2.24, 2.45) is 0 Å². The van der Waals surface area contributed by atoms with E-state index < -0.39 is 0 Å². The van der Waals surface area contributed by atoms with Crippen molar-refractivity contribution >= 4 is 16.5 Å². The molecule has 0 unspecified atom stereocenters. The maximum Gasteiger partial charge on any atom is 0.231 e. The highest BCUT2D eigenvalue weighted by Gasteiger charge is 2.28. The van der Waals surface area contributed by atoms with Crippen LogP contribution in [-0.4, -0.2) is 34.2 Å². The summed E-state index contributed by atoms with van der Waals surface area (Å²) in [5.74, 6) is 4.02. The van der Waals surface area contributed by atoms with E-state index in [0.29, 0.717) is 6.61 Å². The Balaban J connectivity index is 1.22. The molecule has 3 heterocycles. The van der Waals surface area contributed by atoms with E-state index in [2.05, 4.69) is 40.3 Å². The van der Waals surface area contributed by atoms with Gasteiger partial charge in [-0.25, -0.2) is 0 Å². The van der Waals surface area contributed by atoms with Crippen LogP contribution in [0, 0.1) is 0 Å². The maximum absolute atomic E-state index is 6.30. The summed E-state index contributed by atoms with van der Waals surface area (Å²) in [5, 5.41) is 5.58. The lowest BCUT2D eigenvalue weighted by Crippen LogP contribution is -2.40. The van der Waals surface area contributed by atoms with Crippen LogP contribution in [0.25, 0.3) is 22.0 Å². The molecule has 7 heteroatoms. The topological polar surface area (TPSA) is 62.1 Å². The van der Waals surface area contributed by atoms with Crippen LogP contribution in [0.15, 0.2) is 60.8 Å². The molecule has 0 atom stereocenters. The highest BCUT2D eigenvalue weighted by Crippen LogP contribution is 2.41. The Kier molecular flexibility index (Phi) is 5.89. The Hall–Kier alpha value is -4.13. The first-order chi connectivity index (χ1) is 17.7. The summed E-state index contributed by atoms with van der Waals surface area (Å²) in [5.41, 5.74) is 4.70. The summed E-state index contributed by atoms with van der Waals surface area (Å²) in [7, 11) is 3.36. The standard InChI is InChI=1S/C29H29N2O5/c1-32-22-7-5-21(6-8-22)30-11-3-13-34-29-24-17-31-12-10-20-15-27-28(36-18-35-27)16-23(20)25(31)14-19(24)4-9-26(29)33-2/h4-9,14-17,30H,3,10-13,18H2,1-2H3/q+1. The van der Waals surface area contributed by atoms with Gasteiger partial charge in [0.25, 0.3) is 0 Å². The molecule has 0 amide bonds. The molecule has 6 rings (SSSR count). The molecule has 2 aliphatic rings. The molecule has 36 heavy (non-hydrogen) atoms. The minimum absolute atomic E-state index is 0.284. The molecule has 0 saturated heterocycles. The molecule has 0 fully saturated rings. The average molecular weight is 486 g/mol. The zero-order valence-corrected chi connectivity index (χ0v) is 20.5. The highest BCUT2D eigenvalue weighted by molar-refractivity contribution is 5.91. The second-order valence-electron chi connectivity index (χ2n) is 8.92. The number of aryl methyl sites for hydroxylation is 2. The predicted octanol–water partition coefficient (Wildman–Crippen LogP) is 4.98. The van der Waals surface area contributed by atoms with Crippen molar-refractivity contribution in [1.29, 1.82) is 0 Å². The van der Waals surface area contributed by atoms with Crippen molar-refractivity contribution in [2.45, 2.75) is 19.4 Å². The van der Waals surface area contributed by atoms with Crippen LogP contribution in [0.2, 0.25) is 0 Å². The fourth-order valence-corrected chi connectivity index (χ4v) is 4.89. The van der Waals surface area contributed by atoms with Gasteiger partial charge in [0.15, 0.2) is 35.7 Å². The van der Waals surface area contributed by atoms with Gasteiger partial charge >= 0.3 is 0 Å². The van der Waals surface area contributed by atoms with Gasteiger partial charge in [0.2, 0.25) is 12.5 Å². The first-order valence-electron chi connectivity index (χ1n) is 12.2. The van der Waals surface area contributed by atoms with E-state index in [4.69, 9.17) is 23.7 Å². The molecule has 4 aromatic rings. The molecule has 2 aliphatic heterocycles. The molecule has 0 spiro atoms. The normalized spacial score (nSPS) is 13.2. The van der Waals surface area contributed by atoms with E-state index in [1.54, 1.807) is 14.2 Å². The van der Waals surface area contributed by atoms with Crippen molar-refractivity contribution < 1.29 is 28.3 Å². The van der Waals surface area contributed by atoms with E-state index in [1.807, 2.05) is 30.3 Å². The Morgan fingerprint density at radius 3 is 2.58 bits per heavy atom. The van der Waals surface area contributed by atoms with Crippen molar-refractivity contribution in [3.05, 3.63) is 66.4 Å². The number of rotatable bonds is 8. The molecule has 0 bridgehead atoms. The molecular formula is C29H29N2O5+. The van der Waals surface area contributed by atoms with Gasteiger partial charge in [0, 0.05) is 24.7 Å². The van der Waals surface area contributed by atoms with Crippen molar-refractivity contribution in [1.82, 2.24) is 0 Å². The van der Waals surface area contributed by atoms with Crippen LogP contribution in [0.5, 0.6) is 28.7 Å². The van der Waals surface area contributed by atoms with E-state index in [-0.39, 0.29) is 6.79 Å². The zero-order chi connectivity index (χ0) is 24.5. The van der Waals surface area contributed by atoms with Gasteiger partial charge in [-0.3, -0.25) is 0 Å². The third-order valence-electron chi connectivity index (χ3n) is 6.78. The van der Waals surface area contributed by atoms with Crippen LogP contribution in [-0.2, 0) is 13.0 Å². The lowest BCUT2D eigenvalue weighted by atomic mass is 9.95. The summed E-state index contributed by atoms with van der Waals surface area (Å²) in [6.45, 7) is 2.55. The van der Waals surface area contributed by atoms with Crippen molar-refractivity contribution in [3.8, 4) is 40.0 Å². The summed E-state index contributed by atoms with van der Waals surface area (Å²) >= 11 is 0. The lowest BCUT2D eigenvalue weighted by Gasteiger charge is -2.18. The van der Waals surface area contributed by atoms with Gasteiger partial charge in [0.05, 0.1) is 31.8 Å². The molecule has 0 aliphatic carbocycles. The van der Waals surface area contributed by atoms with Crippen LogP contribution < -0.4 is 33.6 Å². The minimum atomic E-state index is 0.284. The Labute approximate surface area is 210 Å². The van der Waals surface area contributed by atoms with Crippen LogP contribution in [0.4, 0.5) is 5.69 Å². The Morgan fingerprint density at radius 2 is 1.78 bits per heavy atom. The summed E-state index contributed by atoms with van der Waals surface area (Å²) in [4.78, 5) is 0. The summed E-state index contributed by atoms with van der Waals surface area (Å²) in [6, 6.07) is 18.4. The largest absolute Gasteiger partial charge is 0.497 e. The molecule has 0 radical (unpaired) electrons. The summed E-state index contributed by atoms with van der Waals surface area (Å²) in [6.07, 6.45) is 3.97. The predicted molar refractivity (Wildman–Crippen MR) is 138 cm³/mol. The quantitative estimate of drug-likeness (QED) is 0.281. The third kappa shape index (κ3) is 4.11. The first kappa shape index (κ1) is 22.3. The Morgan fingerprint density at radius 1 is 0.944 bits per heavy atom. The van der Waals surface area contributed by atoms with E-state index in [0.717, 1.165) is 71.1 Å². The number of hydrogen-bond acceptors (Lipinski definition) is 6. The molecule has 3 aromatic carbocycles. The average Bonchev–Trinajstić information content (AvgIpc) is 3.38. The van der Waals surface area contributed by atoms with Crippen molar-refractivity contribution in [3.63, 3.8) is 0 Å².